The summed E-state index contributed by atoms with van der Waals surface area (Å²) in [5.41, 5.74) is 6.19. The van der Waals surface area contributed by atoms with E-state index in [-0.39, 0.29) is 5.54 Å². The van der Waals surface area contributed by atoms with Gasteiger partial charge in [0.05, 0.1) is 0 Å². The van der Waals surface area contributed by atoms with E-state index < -0.39 is 0 Å². The third-order valence-corrected chi connectivity index (χ3v) is 4.61. The molecular formula is C14H30N2. The Kier molecular flexibility index (Phi) is 5.26. The fraction of sp³-hybridized carbons (Fsp3) is 1.00. The summed E-state index contributed by atoms with van der Waals surface area (Å²) in [7, 11) is 2.28. The summed E-state index contributed by atoms with van der Waals surface area (Å²) >= 11 is 0. The smallest absolute Gasteiger partial charge is 0.0303 e. The Balaban J connectivity index is 2.57. The Morgan fingerprint density at radius 3 is 2.25 bits per heavy atom. The van der Waals surface area contributed by atoms with Crippen LogP contribution >= 0.6 is 0 Å². The first-order valence-corrected chi connectivity index (χ1v) is 6.96. The summed E-state index contributed by atoms with van der Waals surface area (Å²) in [5.74, 6) is 0.931. The van der Waals surface area contributed by atoms with Crippen molar-refractivity contribution in [3.63, 3.8) is 0 Å². The van der Waals surface area contributed by atoms with Crippen molar-refractivity contribution in [2.24, 2.45) is 11.7 Å². The molecule has 0 saturated heterocycles. The normalized spacial score (nSPS) is 30.4. The molecule has 2 N–H and O–H groups in total. The van der Waals surface area contributed by atoms with Crippen LogP contribution in [0.2, 0.25) is 0 Å². The van der Waals surface area contributed by atoms with Crippen molar-refractivity contribution < 1.29 is 0 Å². The molecule has 0 aliphatic heterocycles. The second-order valence-corrected chi connectivity index (χ2v) is 5.98. The molecule has 1 aliphatic carbocycles. The van der Waals surface area contributed by atoms with Crippen molar-refractivity contribution in [1.82, 2.24) is 4.90 Å². The van der Waals surface area contributed by atoms with Crippen molar-refractivity contribution in [3.05, 3.63) is 0 Å². The number of hydrogen-bond acceptors (Lipinski definition) is 2. The van der Waals surface area contributed by atoms with Crippen LogP contribution in [0.5, 0.6) is 0 Å². The third kappa shape index (κ3) is 3.21. The van der Waals surface area contributed by atoms with Crippen LogP contribution in [0, 0.1) is 5.92 Å². The average Bonchev–Trinajstić information content (AvgIpc) is 2.29. The van der Waals surface area contributed by atoms with E-state index in [2.05, 4.69) is 32.7 Å². The highest BCUT2D eigenvalue weighted by Gasteiger charge is 2.33. The van der Waals surface area contributed by atoms with E-state index in [9.17, 15) is 0 Å². The molecular weight excluding hydrogens is 196 g/mol. The standard InChI is InChI=1S/C14H30N2/c1-5-10-14(3,11-15)16(4)13-8-6-12(2)7-9-13/h12-13H,5-11,15H2,1-4H3. The minimum atomic E-state index is 0.208. The highest BCUT2D eigenvalue weighted by atomic mass is 15.2. The summed E-state index contributed by atoms with van der Waals surface area (Å²) < 4.78 is 0. The lowest BCUT2D eigenvalue weighted by molar-refractivity contribution is 0.0559. The summed E-state index contributed by atoms with van der Waals surface area (Å²) in [6.07, 6.45) is 7.94. The van der Waals surface area contributed by atoms with Crippen LogP contribution in [-0.2, 0) is 0 Å². The predicted octanol–water partition coefficient (Wildman–Crippen LogP) is 3.01. The van der Waals surface area contributed by atoms with Gasteiger partial charge in [0.2, 0.25) is 0 Å². The first kappa shape index (κ1) is 14.0. The van der Waals surface area contributed by atoms with Gasteiger partial charge in [0, 0.05) is 18.1 Å². The summed E-state index contributed by atoms with van der Waals surface area (Å²) in [6.45, 7) is 7.74. The highest BCUT2D eigenvalue weighted by Crippen LogP contribution is 2.31. The Morgan fingerprint density at radius 2 is 1.81 bits per heavy atom. The third-order valence-electron chi connectivity index (χ3n) is 4.61. The van der Waals surface area contributed by atoms with Crippen molar-refractivity contribution in [2.75, 3.05) is 13.6 Å². The predicted molar refractivity (Wildman–Crippen MR) is 71.6 cm³/mol. The van der Waals surface area contributed by atoms with Gasteiger partial charge in [0.1, 0.15) is 0 Å². The molecule has 1 saturated carbocycles. The van der Waals surface area contributed by atoms with Crippen LogP contribution in [0.15, 0.2) is 0 Å². The molecule has 0 aromatic heterocycles. The monoisotopic (exact) mass is 226 g/mol. The fourth-order valence-corrected chi connectivity index (χ4v) is 3.03. The molecule has 0 heterocycles. The van der Waals surface area contributed by atoms with Crippen LogP contribution in [-0.4, -0.2) is 30.1 Å². The molecule has 96 valence electrons. The summed E-state index contributed by atoms with van der Waals surface area (Å²) in [5, 5.41) is 0. The minimum Gasteiger partial charge on any atom is -0.329 e. The van der Waals surface area contributed by atoms with E-state index >= 15 is 0 Å². The van der Waals surface area contributed by atoms with Gasteiger partial charge >= 0.3 is 0 Å². The molecule has 0 aromatic rings. The van der Waals surface area contributed by atoms with Crippen LogP contribution in [0.3, 0.4) is 0 Å². The molecule has 1 fully saturated rings. The zero-order chi connectivity index (χ0) is 12.2. The topological polar surface area (TPSA) is 29.3 Å². The lowest BCUT2D eigenvalue weighted by Gasteiger charge is -2.45. The van der Waals surface area contributed by atoms with E-state index in [4.69, 9.17) is 5.73 Å². The Hall–Kier alpha value is -0.0800. The zero-order valence-electron chi connectivity index (χ0n) is 11.6. The van der Waals surface area contributed by atoms with Gasteiger partial charge < -0.3 is 5.73 Å². The van der Waals surface area contributed by atoms with Gasteiger partial charge in [-0.25, -0.2) is 0 Å². The summed E-state index contributed by atoms with van der Waals surface area (Å²) in [4.78, 5) is 2.57. The molecule has 1 rings (SSSR count). The fourth-order valence-electron chi connectivity index (χ4n) is 3.03. The summed E-state index contributed by atoms with van der Waals surface area (Å²) in [6, 6.07) is 0.760. The number of hydrogen-bond donors (Lipinski definition) is 1. The molecule has 2 nitrogen and oxygen atoms in total. The van der Waals surface area contributed by atoms with E-state index in [1.54, 1.807) is 0 Å². The Bertz CT molecular complexity index is 197. The molecule has 0 radical (unpaired) electrons. The van der Waals surface area contributed by atoms with E-state index in [1.807, 2.05) is 0 Å². The lowest BCUT2D eigenvalue weighted by Crippen LogP contribution is -2.54. The minimum absolute atomic E-state index is 0.208. The molecule has 0 amide bonds. The van der Waals surface area contributed by atoms with Crippen molar-refractivity contribution in [1.29, 1.82) is 0 Å². The van der Waals surface area contributed by atoms with Gasteiger partial charge in [-0.3, -0.25) is 4.90 Å². The van der Waals surface area contributed by atoms with Crippen molar-refractivity contribution >= 4 is 0 Å². The lowest BCUT2D eigenvalue weighted by atomic mass is 9.83. The maximum absolute atomic E-state index is 5.99. The molecule has 0 aromatic carbocycles. The largest absolute Gasteiger partial charge is 0.329 e. The van der Waals surface area contributed by atoms with E-state index in [0.29, 0.717) is 0 Å². The zero-order valence-corrected chi connectivity index (χ0v) is 11.6. The highest BCUT2D eigenvalue weighted by molar-refractivity contribution is 4.90. The maximum atomic E-state index is 5.99. The van der Waals surface area contributed by atoms with Gasteiger partial charge in [-0.15, -0.1) is 0 Å². The van der Waals surface area contributed by atoms with Gasteiger partial charge in [-0.2, -0.15) is 0 Å². The van der Waals surface area contributed by atoms with Gasteiger partial charge in [0.25, 0.3) is 0 Å². The molecule has 2 heteroatoms. The number of rotatable bonds is 5. The first-order chi connectivity index (χ1) is 7.53. The van der Waals surface area contributed by atoms with E-state index in [0.717, 1.165) is 18.5 Å². The SMILES string of the molecule is CCCC(C)(CN)N(C)C1CCC(C)CC1. The van der Waals surface area contributed by atoms with Crippen molar-refractivity contribution in [3.8, 4) is 0 Å². The molecule has 1 aliphatic rings. The van der Waals surface area contributed by atoms with Gasteiger partial charge in [-0.1, -0.05) is 20.3 Å². The number of nitrogens with two attached hydrogens (primary N) is 1. The quantitative estimate of drug-likeness (QED) is 0.781. The Labute approximate surface area is 102 Å². The van der Waals surface area contributed by atoms with Crippen LogP contribution in [0.1, 0.15) is 59.3 Å². The molecule has 16 heavy (non-hydrogen) atoms. The molecule has 1 atom stereocenters. The van der Waals surface area contributed by atoms with Crippen LogP contribution in [0.4, 0.5) is 0 Å². The maximum Gasteiger partial charge on any atom is 0.0303 e. The van der Waals surface area contributed by atoms with Crippen molar-refractivity contribution in [2.45, 2.75) is 70.9 Å². The number of nitrogens with zero attached hydrogens (tertiary/aromatic N) is 1. The van der Waals surface area contributed by atoms with Crippen LogP contribution < -0.4 is 5.73 Å². The second-order valence-electron chi connectivity index (χ2n) is 5.98. The van der Waals surface area contributed by atoms with Crippen LogP contribution in [0.25, 0.3) is 0 Å². The molecule has 0 spiro atoms. The number of likely N-dealkylation sites (N-methyl/N-ethyl adjacent to an activating group) is 1. The van der Waals surface area contributed by atoms with Gasteiger partial charge in [-0.05, 0) is 52.0 Å². The molecule has 0 bridgehead atoms. The average molecular weight is 226 g/mol. The molecule has 1 unspecified atom stereocenters. The van der Waals surface area contributed by atoms with E-state index in [1.165, 1.54) is 38.5 Å². The Morgan fingerprint density at radius 1 is 1.25 bits per heavy atom. The first-order valence-electron chi connectivity index (χ1n) is 6.96. The van der Waals surface area contributed by atoms with Gasteiger partial charge in [0.15, 0.2) is 0 Å². The second kappa shape index (κ2) is 6.02.